The van der Waals surface area contributed by atoms with Crippen molar-refractivity contribution in [2.24, 2.45) is 0 Å². The van der Waals surface area contributed by atoms with Gasteiger partial charge in [0.15, 0.2) is 5.92 Å². The Balaban J connectivity index is 2.06. The first-order valence-electron chi connectivity index (χ1n) is 9.82. The van der Waals surface area contributed by atoms with E-state index in [4.69, 9.17) is 4.74 Å². The van der Waals surface area contributed by atoms with Crippen LogP contribution in [0.4, 0.5) is 18.9 Å². The van der Waals surface area contributed by atoms with Crippen LogP contribution in [0.5, 0.6) is 5.75 Å². The van der Waals surface area contributed by atoms with Gasteiger partial charge in [-0.25, -0.2) is 8.42 Å². The van der Waals surface area contributed by atoms with Crippen LogP contribution in [0.25, 0.3) is 10.9 Å². The van der Waals surface area contributed by atoms with E-state index in [-0.39, 0.29) is 16.1 Å². The van der Waals surface area contributed by atoms with Crippen molar-refractivity contribution in [2.45, 2.75) is 36.9 Å². The van der Waals surface area contributed by atoms with Gasteiger partial charge in [-0.2, -0.15) is 13.2 Å². The van der Waals surface area contributed by atoms with Gasteiger partial charge in [-0.05, 0) is 44.2 Å². The molecule has 0 fully saturated rings. The number of hydrogen-bond acceptors (Lipinski definition) is 7. The summed E-state index contributed by atoms with van der Waals surface area (Å²) in [4.78, 5) is 28.2. The molecule has 0 bridgehead atoms. The minimum atomic E-state index is -5.42. The van der Waals surface area contributed by atoms with Crippen LogP contribution in [0.3, 0.4) is 0 Å². The lowest BCUT2D eigenvalue weighted by atomic mass is 9.93. The van der Waals surface area contributed by atoms with Gasteiger partial charge in [0.05, 0.1) is 11.6 Å². The molecule has 12 heteroatoms. The molecule has 0 aliphatic carbocycles. The molecule has 180 valence electrons. The Morgan fingerprint density at radius 1 is 1.09 bits per heavy atom. The summed E-state index contributed by atoms with van der Waals surface area (Å²) in [6, 6.07) is 10.4. The fourth-order valence-corrected chi connectivity index (χ4v) is 4.42. The van der Waals surface area contributed by atoms with Gasteiger partial charge in [-0.1, -0.05) is 18.2 Å². The number of pyridine rings is 1. The van der Waals surface area contributed by atoms with Gasteiger partial charge in [0.25, 0.3) is 15.8 Å². The molecule has 0 aliphatic rings. The number of benzene rings is 2. The fourth-order valence-electron chi connectivity index (χ4n) is 3.19. The number of alkyl halides is 3. The van der Waals surface area contributed by atoms with Crippen LogP contribution in [0.15, 0.2) is 59.6 Å². The van der Waals surface area contributed by atoms with Crippen molar-refractivity contribution in [1.29, 1.82) is 0 Å². The average molecular weight is 496 g/mol. The number of nitrogens with one attached hydrogen (secondary N) is 1. The van der Waals surface area contributed by atoms with Gasteiger partial charge in [-0.15, -0.1) is 0 Å². The quantitative estimate of drug-likeness (QED) is 0.289. The number of para-hydroxylation sites is 1. The molecule has 0 saturated heterocycles. The summed E-state index contributed by atoms with van der Waals surface area (Å²) in [5, 5.41) is 10.7. The Bertz CT molecular complexity index is 1350. The standard InChI is InChI=1S/C22H19F3N2O6S/c1-12(2)33-21(30)18(20(29)22(23,24)25)15-11-14(8-9-16(15)28)27-34(31,32)17-7-3-5-13-6-4-10-26-19(13)17/h3-12,18,27-28H,1-2H3. The first kappa shape index (κ1) is 25.0. The average Bonchev–Trinajstić information content (AvgIpc) is 2.74. The number of ether oxygens (including phenoxy) is 1. The Labute approximate surface area is 192 Å². The Kier molecular flexibility index (Phi) is 6.82. The number of Topliss-reactive ketones (excluding diaryl/α,β-unsaturated/α-hetero) is 1. The summed E-state index contributed by atoms with van der Waals surface area (Å²) in [7, 11) is -4.30. The van der Waals surface area contributed by atoms with Crippen LogP contribution in [-0.4, -0.2) is 42.5 Å². The molecule has 1 aromatic heterocycles. The lowest BCUT2D eigenvalue weighted by Gasteiger charge is -2.20. The number of esters is 1. The third kappa shape index (κ3) is 5.28. The smallest absolute Gasteiger partial charge is 0.451 e. The monoisotopic (exact) mass is 496 g/mol. The molecule has 3 rings (SSSR count). The molecule has 2 N–H and O–H groups in total. The second-order valence-corrected chi connectivity index (χ2v) is 9.14. The molecule has 2 aromatic carbocycles. The van der Waals surface area contributed by atoms with Crippen LogP contribution >= 0.6 is 0 Å². The number of nitrogens with zero attached hydrogens (tertiary/aromatic N) is 1. The molecule has 34 heavy (non-hydrogen) atoms. The topological polar surface area (TPSA) is 123 Å². The number of aromatic nitrogens is 1. The van der Waals surface area contributed by atoms with Crippen molar-refractivity contribution in [3.8, 4) is 5.75 Å². The second-order valence-electron chi connectivity index (χ2n) is 7.49. The number of hydrogen-bond donors (Lipinski definition) is 2. The molecule has 1 heterocycles. The molecular weight excluding hydrogens is 477 g/mol. The lowest BCUT2D eigenvalue weighted by Crippen LogP contribution is -2.35. The molecule has 1 unspecified atom stereocenters. The maximum Gasteiger partial charge on any atom is 0.451 e. The van der Waals surface area contributed by atoms with Crippen LogP contribution in [0.1, 0.15) is 25.3 Å². The highest BCUT2D eigenvalue weighted by Crippen LogP contribution is 2.36. The maximum absolute atomic E-state index is 13.2. The Hall–Kier alpha value is -3.67. The van der Waals surface area contributed by atoms with Crippen molar-refractivity contribution in [3.63, 3.8) is 0 Å². The summed E-state index contributed by atoms with van der Waals surface area (Å²) < 4.78 is 72.6. The molecule has 0 amide bonds. The first-order chi connectivity index (χ1) is 15.8. The van der Waals surface area contributed by atoms with Crippen LogP contribution < -0.4 is 4.72 Å². The number of carbonyl (C=O) groups is 2. The van der Waals surface area contributed by atoms with Gasteiger partial charge < -0.3 is 9.84 Å². The molecular formula is C22H19F3N2O6S. The summed E-state index contributed by atoms with van der Waals surface area (Å²) in [6.45, 7) is 2.74. The number of sulfonamides is 1. The van der Waals surface area contributed by atoms with Crippen molar-refractivity contribution in [3.05, 3.63) is 60.3 Å². The van der Waals surface area contributed by atoms with Gasteiger partial charge >= 0.3 is 12.1 Å². The number of halogens is 3. The lowest BCUT2D eigenvalue weighted by molar-refractivity contribution is -0.178. The number of phenols is 1. The normalized spacial score (nSPS) is 13.0. The largest absolute Gasteiger partial charge is 0.508 e. The number of anilines is 1. The predicted octanol–water partition coefficient (Wildman–Crippen LogP) is 3.91. The van der Waals surface area contributed by atoms with Crippen molar-refractivity contribution in [2.75, 3.05) is 4.72 Å². The number of ketones is 1. The summed E-state index contributed by atoms with van der Waals surface area (Å²) >= 11 is 0. The van der Waals surface area contributed by atoms with E-state index in [0.29, 0.717) is 5.39 Å². The minimum absolute atomic E-state index is 0.155. The molecule has 8 nitrogen and oxygen atoms in total. The van der Waals surface area contributed by atoms with Crippen molar-refractivity contribution >= 4 is 38.4 Å². The molecule has 0 saturated carbocycles. The molecule has 0 aliphatic heterocycles. The summed E-state index contributed by atoms with van der Waals surface area (Å²) in [5.41, 5.74) is -0.899. The fraction of sp³-hybridized carbons (Fsp3) is 0.227. The number of fused-ring (bicyclic) bond motifs is 1. The summed E-state index contributed by atoms with van der Waals surface area (Å²) in [5.74, 6) is -7.37. The molecule has 0 radical (unpaired) electrons. The van der Waals surface area contributed by atoms with Gasteiger partial charge in [-0.3, -0.25) is 19.3 Å². The van der Waals surface area contributed by atoms with E-state index in [1.807, 2.05) is 0 Å². The van der Waals surface area contributed by atoms with Gasteiger partial charge in [0.1, 0.15) is 10.6 Å². The van der Waals surface area contributed by atoms with Crippen LogP contribution in [-0.2, 0) is 24.3 Å². The first-order valence-corrected chi connectivity index (χ1v) is 11.3. The van der Waals surface area contributed by atoms with Gasteiger partial charge in [0, 0.05) is 22.8 Å². The number of phenolic OH excluding ortho intramolecular Hbond substituents is 1. The number of rotatable bonds is 7. The van der Waals surface area contributed by atoms with E-state index in [0.717, 1.165) is 18.2 Å². The maximum atomic E-state index is 13.2. The highest BCUT2D eigenvalue weighted by molar-refractivity contribution is 7.93. The molecule has 0 spiro atoms. The highest BCUT2D eigenvalue weighted by atomic mass is 32.2. The van der Waals surface area contributed by atoms with Crippen molar-refractivity contribution < 1.29 is 41.0 Å². The SMILES string of the molecule is CC(C)OC(=O)C(C(=O)C(F)(F)F)c1cc(NS(=O)(=O)c2cccc3cccnc23)ccc1O. The highest BCUT2D eigenvalue weighted by Gasteiger charge is 2.48. The Morgan fingerprint density at radius 3 is 2.41 bits per heavy atom. The van der Waals surface area contributed by atoms with Gasteiger partial charge in [0.2, 0.25) is 0 Å². The molecule has 3 aromatic rings. The minimum Gasteiger partial charge on any atom is -0.508 e. The Morgan fingerprint density at radius 2 is 1.76 bits per heavy atom. The zero-order chi connectivity index (χ0) is 25.3. The predicted molar refractivity (Wildman–Crippen MR) is 116 cm³/mol. The third-order valence-corrected chi connectivity index (χ3v) is 6.02. The number of carbonyl (C=O) groups excluding carboxylic acids is 2. The molecule has 1 atom stereocenters. The van der Waals surface area contributed by atoms with E-state index in [1.54, 1.807) is 18.2 Å². The zero-order valence-corrected chi connectivity index (χ0v) is 18.6. The van der Waals surface area contributed by atoms with Crippen molar-refractivity contribution in [1.82, 2.24) is 4.98 Å². The van der Waals surface area contributed by atoms with Crippen LogP contribution in [0, 0.1) is 0 Å². The van der Waals surface area contributed by atoms with E-state index in [9.17, 15) is 36.3 Å². The van der Waals surface area contributed by atoms with E-state index < -0.39 is 51.3 Å². The van der Waals surface area contributed by atoms with Crippen LogP contribution in [0.2, 0.25) is 0 Å². The summed E-state index contributed by atoms with van der Waals surface area (Å²) in [6.07, 6.45) is -4.87. The zero-order valence-electron chi connectivity index (χ0n) is 17.8. The second kappa shape index (κ2) is 9.29. The number of aromatic hydroxyl groups is 1. The van der Waals surface area contributed by atoms with E-state index >= 15 is 0 Å². The third-order valence-electron chi connectivity index (χ3n) is 4.61. The van der Waals surface area contributed by atoms with E-state index in [2.05, 4.69) is 9.71 Å². The van der Waals surface area contributed by atoms with E-state index in [1.165, 1.54) is 32.2 Å².